The van der Waals surface area contributed by atoms with Crippen LogP contribution in [0.15, 0.2) is 30.5 Å². The summed E-state index contributed by atoms with van der Waals surface area (Å²) in [5.41, 5.74) is 9.27. The van der Waals surface area contributed by atoms with Crippen molar-refractivity contribution in [3.8, 4) is 0 Å². The molecule has 0 atom stereocenters. The van der Waals surface area contributed by atoms with Gasteiger partial charge in [-0.3, -0.25) is 4.68 Å². The maximum atomic E-state index is 5.99. The summed E-state index contributed by atoms with van der Waals surface area (Å²) >= 11 is 5.99. The second-order valence-corrected chi connectivity index (χ2v) is 4.79. The van der Waals surface area contributed by atoms with Crippen molar-refractivity contribution in [2.75, 3.05) is 0 Å². The van der Waals surface area contributed by atoms with Crippen molar-refractivity contribution in [1.29, 1.82) is 0 Å². The first kappa shape index (κ1) is 13.1. The molecule has 96 valence electrons. The van der Waals surface area contributed by atoms with Crippen LogP contribution in [0, 0.1) is 0 Å². The van der Waals surface area contributed by atoms with Gasteiger partial charge in [-0.2, -0.15) is 5.10 Å². The molecule has 0 spiro atoms. The molecule has 18 heavy (non-hydrogen) atoms. The average Bonchev–Trinajstić information content (AvgIpc) is 2.72. The lowest BCUT2D eigenvalue weighted by molar-refractivity contribution is 0.635. The molecule has 0 aliphatic carbocycles. The number of benzene rings is 1. The van der Waals surface area contributed by atoms with E-state index in [0.717, 1.165) is 35.5 Å². The lowest BCUT2D eigenvalue weighted by atomic mass is 10.1. The third-order valence-corrected chi connectivity index (χ3v) is 3.20. The lowest BCUT2D eigenvalue weighted by Crippen LogP contribution is -2.08. The second-order valence-electron chi connectivity index (χ2n) is 4.36. The Bertz CT molecular complexity index is 520. The van der Waals surface area contributed by atoms with Gasteiger partial charge in [0.05, 0.1) is 12.7 Å². The standard InChI is InChI=1S/C14H18ClN3/c1-2-4-14-12(8-16)9-17-18(14)10-11-5-3-6-13(15)7-11/h3,5-7,9H,2,4,8,10,16H2,1H3. The predicted octanol–water partition coefficient (Wildman–Crippen LogP) is 3.00. The SMILES string of the molecule is CCCc1c(CN)cnn1Cc1cccc(Cl)c1. The summed E-state index contributed by atoms with van der Waals surface area (Å²) in [6, 6.07) is 7.88. The van der Waals surface area contributed by atoms with Crippen molar-refractivity contribution in [1.82, 2.24) is 9.78 Å². The number of rotatable bonds is 5. The molecule has 1 aromatic carbocycles. The Labute approximate surface area is 113 Å². The molecule has 2 N–H and O–H groups in total. The number of nitrogens with zero attached hydrogens (tertiary/aromatic N) is 2. The molecule has 0 unspecified atom stereocenters. The Hall–Kier alpha value is -1.32. The minimum atomic E-state index is 0.547. The number of hydrogen-bond donors (Lipinski definition) is 1. The zero-order chi connectivity index (χ0) is 13.0. The van der Waals surface area contributed by atoms with E-state index in [1.165, 1.54) is 5.69 Å². The molecule has 2 aromatic rings. The van der Waals surface area contributed by atoms with Crippen LogP contribution in [-0.4, -0.2) is 9.78 Å². The number of nitrogens with two attached hydrogens (primary N) is 1. The molecule has 0 aliphatic heterocycles. The Balaban J connectivity index is 2.25. The largest absolute Gasteiger partial charge is 0.326 e. The van der Waals surface area contributed by atoms with Gasteiger partial charge in [-0.1, -0.05) is 37.1 Å². The van der Waals surface area contributed by atoms with Gasteiger partial charge in [0.1, 0.15) is 0 Å². The molecule has 0 amide bonds. The Kier molecular flexibility index (Phi) is 4.39. The van der Waals surface area contributed by atoms with E-state index in [2.05, 4.69) is 18.1 Å². The minimum absolute atomic E-state index is 0.547. The van der Waals surface area contributed by atoms with Crippen LogP contribution in [0.2, 0.25) is 5.02 Å². The highest BCUT2D eigenvalue weighted by molar-refractivity contribution is 6.30. The van der Waals surface area contributed by atoms with Crippen molar-refractivity contribution < 1.29 is 0 Å². The lowest BCUT2D eigenvalue weighted by Gasteiger charge is -2.09. The monoisotopic (exact) mass is 263 g/mol. The smallest absolute Gasteiger partial charge is 0.0663 e. The first-order valence-corrected chi connectivity index (χ1v) is 6.60. The molecule has 0 radical (unpaired) electrons. The molecule has 0 saturated heterocycles. The summed E-state index contributed by atoms with van der Waals surface area (Å²) in [4.78, 5) is 0. The molecule has 1 aromatic heterocycles. The van der Waals surface area contributed by atoms with Crippen LogP contribution in [0.5, 0.6) is 0 Å². The molecule has 0 aliphatic rings. The van der Waals surface area contributed by atoms with Gasteiger partial charge in [-0.05, 0) is 24.1 Å². The van der Waals surface area contributed by atoms with E-state index >= 15 is 0 Å². The van der Waals surface area contributed by atoms with Crippen LogP contribution < -0.4 is 5.73 Å². The van der Waals surface area contributed by atoms with Crippen LogP contribution in [0.25, 0.3) is 0 Å². The molecular weight excluding hydrogens is 246 g/mol. The van der Waals surface area contributed by atoms with Gasteiger partial charge in [0, 0.05) is 22.8 Å². The number of aromatic nitrogens is 2. The van der Waals surface area contributed by atoms with Crippen molar-refractivity contribution in [3.63, 3.8) is 0 Å². The first-order valence-electron chi connectivity index (χ1n) is 6.22. The van der Waals surface area contributed by atoms with E-state index < -0.39 is 0 Å². The van der Waals surface area contributed by atoms with E-state index in [0.29, 0.717) is 6.54 Å². The van der Waals surface area contributed by atoms with Gasteiger partial charge in [-0.15, -0.1) is 0 Å². The molecular formula is C14H18ClN3. The Morgan fingerprint density at radius 2 is 2.22 bits per heavy atom. The van der Waals surface area contributed by atoms with E-state index in [1.54, 1.807) is 0 Å². The number of hydrogen-bond acceptors (Lipinski definition) is 2. The van der Waals surface area contributed by atoms with Crippen LogP contribution in [0.1, 0.15) is 30.2 Å². The van der Waals surface area contributed by atoms with Gasteiger partial charge in [0.25, 0.3) is 0 Å². The van der Waals surface area contributed by atoms with Crippen molar-refractivity contribution in [2.24, 2.45) is 5.73 Å². The topological polar surface area (TPSA) is 43.8 Å². The average molecular weight is 264 g/mol. The third-order valence-electron chi connectivity index (χ3n) is 2.96. The molecule has 3 nitrogen and oxygen atoms in total. The molecule has 0 fully saturated rings. The zero-order valence-electron chi connectivity index (χ0n) is 10.6. The van der Waals surface area contributed by atoms with Crippen molar-refractivity contribution in [3.05, 3.63) is 52.3 Å². The first-order chi connectivity index (χ1) is 8.74. The van der Waals surface area contributed by atoms with Crippen LogP contribution in [0.4, 0.5) is 0 Å². The highest BCUT2D eigenvalue weighted by Crippen LogP contribution is 2.15. The van der Waals surface area contributed by atoms with Gasteiger partial charge in [0.2, 0.25) is 0 Å². The highest BCUT2D eigenvalue weighted by Gasteiger charge is 2.09. The quantitative estimate of drug-likeness (QED) is 0.901. The van der Waals surface area contributed by atoms with Crippen molar-refractivity contribution >= 4 is 11.6 Å². The van der Waals surface area contributed by atoms with E-state index in [9.17, 15) is 0 Å². The maximum Gasteiger partial charge on any atom is 0.0663 e. The summed E-state index contributed by atoms with van der Waals surface area (Å²) in [6.45, 7) is 3.46. The van der Waals surface area contributed by atoms with E-state index in [4.69, 9.17) is 17.3 Å². The second kappa shape index (κ2) is 6.03. The third kappa shape index (κ3) is 2.92. The van der Waals surface area contributed by atoms with Crippen molar-refractivity contribution in [2.45, 2.75) is 32.9 Å². The highest BCUT2D eigenvalue weighted by atomic mass is 35.5. The van der Waals surface area contributed by atoms with E-state index in [-0.39, 0.29) is 0 Å². The van der Waals surface area contributed by atoms with Gasteiger partial charge in [0.15, 0.2) is 0 Å². The maximum absolute atomic E-state index is 5.99. The fourth-order valence-electron chi connectivity index (χ4n) is 2.09. The zero-order valence-corrected chi connectivity index (χ0v) is 11.3. The molecule has 2 rings (SSSR count). The van der Waals surface area contributed by atoms with Gasteiger partial charge in [-0.25, -0.2) is 0 Å². The molecule has 0 bridgehead atoms. The summed E-state index contributed by atoms with van der Waals surface area (Å²) < 4.78 is 2.03. The summed E-state index contributed by atoms with van der Waals surface area (Å²) in [5, 5.41) is 5.18. The van der Waals surface area contributed by atoms with Crippen LogP contribution >= 0.6 is 11.6 Å². The van der Waals surface area contributed by atoms with Gasteiger partial charge >= 0.3 is 0 Å². The summed E-state index contributed by atoms with van der Waals surface area (Å²) in [5.74, 6) is 0. The fraction of sp³-hybridized carbons (Fsp3) is 0.357. The van der Waals surface area contributed by atoms with Gasteiger partial charge < -0.3 is 5.73 Å². The Morgan fingerprint density at radius 3 is 2.89 bits per heavy atom. The Morgan fingerprint density at radius 1 is 1.39 bits per heavy atom. The fourth-order valence-corrected chi connectivity index (χ4v) is 2.30. The molecule has 1 heterocycles. The van der Waals surface area contributed by atoms with Crippen LogP contribution in [-0.2, 0) is 19.5 Å². The normalized spacial score (nSPS) is 10.8. The molecule has 4 heteroatoms. The van der Waals surface area contributed by atoms with Crippen LogP contribution in [0.3, 0.4) is 0 Å². The molecule has 0 saturated carbocycles. The summed E-state index contributed by atoms with van der Waals surface area (Å²) in [6.07, 6.45) is 3.97. The minimum Gasteiger partial charge on any atom is -0.326 e. The number of halogens is 1. The predicted molar refractivity (Wildman–Crippen MR) is 74.7 cm³/mol. The summed E-state index contributed by atoms with van der Waals surface area (Å²) in [7, 11) is 0. The van der Waals surface area contributed by atoms with E-state index in [1.807, 2.05) is 29.1 Å².